The molecule has 2 heteroatoms. The summed E-state index contributed by atoms with van der Waals surface area (Å²) in [5.74, 6) is 0.916. The van der Waals surface area contributed by atoms with Crippen molar-refractivity contribution in [1.82, 2.24) is 4.90 Å². The molecule has 0 radical (unpaired) electrons. The van der Waals surface area contributed by atoms with Crippen molar-refractivity contribution in [3.63, 3.8) is 0 Å². The Morgan fingerprint density at radius 2 is 1.84 bits per heavy atom. The van der Waals surface area contributed by atoms with E-state index < -0.39 is 0 Å². The first-order valence-corrected chi connectivity index (χ1v) is 7.55. The molecule has 0 bridgehead atoms. The highest BCUT2D eigenvalue weighted by Gasteiger charge is 2.25. The monoisotopic (exact) mass is 261 g/mol. The molecule has 0 aromatic heterocycles. The second-order valence-electron chi connectivity index (χ2n) is 6.25. The summed E-state index contributed by atoms with van der Waals surface area (Å²) in [6.45, 7) is 8.77. The molecule has 1 aliphatic carbocycles. The van der Waals surface area contributed by atoms with E-state index in [9.17, 15) is 5.11 Å². The minimum absolute atomic E-state index is 0.332. The summed E-state index contributed by atoms with van der Waals surface area (Å²) in [6, 6.07) is 8.80. The summed E-state index contributed by atoms with van der Waals surface area (Å²) < 4.78 is 0. The van der Waals surface area contributed by atoms with Crippen LogP contribution in [0.3, 0.4) is 0 Å². The van der Waals surface area contributed by atoms with Crippen molar-refractivity contribution in [2.24, 2.45) is 5.92 Å². The van der Waals surface area contributed by atoms with Gasteiger partial charge >= 0.3 is 0 Å². The molecular weight excluding hydrogens is 234 g/mol. The van der Waals surface area contributed by atoms with Gasteiger partial charge in [0.25, 0.3) is 0 Å². The molecule has 19 heavy (non-hydrogen) atoms. The van der Waals surface area contributed by atoms with Crippen molar-refractivity contribution in [3.05, 3.63) is 35.4 Å². The third kappa shape index (κ3) is 4.63. The molecule has 0 saturated heterocycles. The molecular formula is C17H27NO. The third-order valence-corrected chi connectivity index (χ3v) is 4.07. The van der Waals surface area contributed by atoms with Gasteiger partial charge in [-0.25, -0.2) is 0 Å². The number of benzene rings is 1. The van der Waals surface area contributed by atoms with E-state index in [2.05, 4.69) is 37.8 Å². The molecule has 1 atom stereocenters. The van der Waals surface area contributed by atoms with Crippen LogP contribution in [0, 0.1) is 12.8 Å². The third-order valence-electron chi connectivity index (χ3n) is 4.07. The molecule has 2 rings (SSSR count). The van der Waals surface area contributed by atoms with Crippen LogP contribution in [0.5, 0.6) is 0 Å². The van der Waals surface area contributed by atoms with Crippen LogP contribution in [-0.4, -0.2) is 29.1 Å². The summed E-state index contributed by atoms with van der Waals surface area (Å²) in [5.41, 5.74) is 2.29. The van der Waals surface area contributed by atoms with Crippen molar-refractivity contribution < 1.29 is 5.11 Å². The van der Waals surface area contributed by atoms with E-state index in [-0.39, 0.29) is 6.10 Å². The SMILES string of the molecule is Cc1ccc(C(O)CCN(CC2CC2)C(C)C)cc1. The highest BCUT2D eigenvalue weighted by Crippen LogP contribution is 2.30. The van der Waals surface area contributed by atoms with Crippen LogP contribution in [0.15, 0.2) is 24.3 Å². The molecule has 1 saturated carbocycles. The molecule has 0 spiro atoms. The topological polar surface area (TPSA) is 23.5 Å². The lowest BCUT2D eigenvalue weighted by molar-refractivity contribution is 0.127. The van der Waals surface area contributed by atoms with Crippen LogP contribution in [0.4, 0.5) is 0 Å². The lowest BCUT2D eigenvalue weighted by atomic mass is 10.0. The second-order valence-corrected chi connectivity index (χ2v) is 6.25. The summed E-state index contributed by atoms with van der Waals surface area (Å²) >= 11 is 0. The molecule has 2 nitrogen and oxygen atoms in total. The summed E-state index contributed by atoms with van der Waals surface area (Å²) in [5, 5.41) is 10.3. The van der Waals surface area contributed by atoms with Gasteiger partial charge in [-0.15, -0.1) is 0 Å². The van der Waals surface area contributed by atoms with Crippen LogP contribution in [0.25, 0.3) is 0 Å². The number of hydrogen-bond donors (Lipinski definition) is 1. The normalized spacial score (nSPS) is 17.2. The number of aliphatic hydroxyl groups excluding tert-OH is 1. The Kier molecular flexibility index (Phi) is 5.00. The van der Waals surface area contributed by atoms with Crippen molar-refractivity contribution in [1.29, 1.82) is 0 Å². The number of nitrogens with zero attached hydrogens (tertiary/aromatic N) is 1. The Labute approximate surface area is 117 Å². The Morgan fingerprint density at radius 3 is 2.37 bits per heavy atom. The van der Waals surface area contributed by atoms with Gasteiger partial charge in [-0.3, -0.25) is 0 Å². The Balaban J connectivity index is 1.83. The largest absolute Gasteiger partial charge is 0.388 e. The summed E-state index contributed by atoms with van der Waals surface area (Å²) in [7, 11) is 0. The fourth-order valence-electron chi connectivity index (χ4n) is 2.44. The minimum atomic E-state index is -0.332. The predicted molar refractivity (Wildman–Crippen MR) is 80.2 cm³/mol. The summed E-state index contributed by atoms with van der Waals surface area (Å²) in [4.78, 5) is 2.51. The average molecular weight is 261 g/mol. The summed E-state index contributed by atoms with van der Waals surface area (Å²) in [6.07, 6.45) is 3.28. The van der Waals surface area contributed by atoms with E-state index in [0.717, 1.165) is 24.4 Å². The molecule has 1 aromatic carbocycles. The van der Waals surface area contributed by atoms with Crippen molar-refractivity contribution >= 4 is 0 Å². The van der Waals surface area contributed by atoms with Crippen molar-refractivity contribution in [2.75, 3.05) is 13.1 Å². The first kappa shape index (κ1) is 14.5. The van der Waals surface area contributed by atoms with Gasteiger partial charge in [0, 0.05) is 19.1 Å². The number of aryl methyl sites for hydroxylation is 1. The van der Waals surface area contributed by atoms with Gasteiger partial charge in [0.1, 0.15) is 0 Å². The Hall–Kier alpha value is -0.860. The van der Waals surface area contributed by atoms with Gasteiger partial charge in [-0.1, -0.05) is 29.8 Å². The molecule has 0 aliphatic heterocycles. The number of rotatable bonds is 7. The smallest absolute Gasteiger partial charge is 0.0802 e. The molecule has 1 aromatic rings. The number of aliphatic hydroxyl groups is 1. The van der Waals surface area contributed by atoms with E-state index in [4.69, 9.17) is 0 Å². The van der Waals surface area contributed by atoms with Crippen molar-refractivity contribution in [2.45, 2.75) is 52.2 Å². The van der Waals surface area contributed by atoms with Gasteiger partial charge in [0.2, 0.25) is 0 Å². The fourth-order valence-corrected chi connectivity index (χ4v) is 2.44. The van der Waals surface area contributed by atoms with Crippen LogP contribution >= 0.6 is 0 Å². The zero-order chi connectivity index (χ0) is 13.8. The molecule has 1 aliphatic rings. The maximum absolute atomic E-state index is 10.3. The Bertz CT molecular complexity index is 381. The zero-order valence-electron chi connectivity index (χ0n) is 12.5. The standard InChI is InChI=1S/C17H27NO/c1-13(2)18(12-15-6-7-15)11-10-17(19)16-8-4-14(3)5-9-16/h4-5,8-9,13,15,17,19H,6-7,10-12H2,1-3H3. The molecule has 0 amide bonds. The molecule has 1 fully saturated rings. The van der Waals surface area contributed by atoms with E-state index in [1.54, 1.807) is 0 Å². The van der Waals surface area contributed by atoms with Crippen LogP contribution in [-0.2, 0) is 0 Å². The average Bonchev–Trinajstić information content (AvgIpc) is 3.18. The van der Waals surface area contributed by atoms with Crippen LogP contribution in [0.2, 0.25) is 0 Å². The highest BCUT2D eigenvalue weighted by molar-refractivity contribution is 5.23. The van der Waals surface area contributed by atoms with E-state index >= 15 is 0 Å². The van der Waals surface area contributed by atoms with Crippen molar-refractivity contribution in [3.8, 4) is 0 Å². The first-order chi connectivity index (χ1) is 9.06. The molecule has 1 N–H and O–H groups in total. The lowest BCUT2D eigenvalue weighted by Crippen LogP contribution is -2.34. The van der Waals surface area contributed by atoms with Gasteiger partial charge in [-0.2, -0.15) is 0 Å². The molecule has 0 heterocycles. The lowest BCUT2D eigenvalue weighted by Gasteiger charge is -2.27. The van der Waals surface area contributed by atoms with Crippen LogP contribution in [0.1, 0.15) is 50.3 Å². The van der Waals surface area contributed by atoms with Gasteiger partial charge in [0.15, 0.2) is 0 Å². The zero-order valence-corrected chi connectivity index (χ0v) is 12.5. The van der Waals surface area contributed by atoms with E-state index in [0.29, 0.717) is 6.04 Å². The Morgan fingerprint density at radius 1 is 1.21 bits per heavy atom. The van der Waals surface area contributed by atoms with Gasteiger partial charge in [0.05, 0.1) is 6.10 Å². The highest BCUT2D eigenvalue weighted by atomic mass is 16.3. The van der Waals surface area contributed by atoms with Crippen LogP contribution < -0.4 is 0 Å². The number of hydrogen-bond acceptors (Lipinski definition) is 2. The molecule has 1 unspecified atom stereocenters. The van der Waals surface area contributed by atoms with E-state index in [1.165, 1.54) is 24.9 Å². The quantitative estimate of drug-likeness (QED) is 0.811. The second kappa shape index (κ2) is 6.53. The first-order valence-electron chi connectivity index (χ1n) is 7.55. The maximum Gasteiger partial charge on any atom is 0.0802 e. The molecule has 106 valence electrons. The fraction of sp³-hybridized carbons (Fsp3) is 0.647. The van der Waals surface area contributed by atoms with Gasteiger partial charge < -0.3 is 10.0 Å². The van der Waals surface area contributed by atoms with Gasteiger partial charge in [-0.05, 0) is 51.5 Å². The maximum atomic E-state index is 10.3. The minimum Gasteiger partial charge on any atom is -0.388 e. The van der Waals surface area contributed by atoms with E-state index in [1.807, 2.05) is 12.1 Å². The predicted octanol–water partition coefficient (Wildman–Crippen LogP) is 3.54.